The molecule has 0 radical (unpaired) electrons. The molecule has 0 unspecified atom stereocenters. The molecule has 0 saturated carbocycles. The average Bonchev–Trinajstić information content (AvgIpc) is 3.31. The van der Waals surface area contributed by atoms with Gasteiger partial charge in [-0.3, -0.25) is 0 Å². The SMILES string of the molecule is O=C1OC(c2ccccc2)=N[C@]12C(c1c(Cl)cccc1Cl)=NO[C@H]2c1ccccc1. The van der Waals surface area contributed by atoms with Crippen LogP contribution in [-0.2, 0) is 14.4 Å². The molecule has 2 atom stereocenters. The van der Waals surface area contributed by atoms with Crippen LogP contribution in [0.2, 0.25) is 10.0 Å². The van der Waals surface area contributed by atoms with E-state index in [9.17, 15) is 4.79 Å². The van der Waals surface area contributed by atoms with Gasteiger partial charge in [0.2, 0.25) is 5.90 Å². The molecule has 5 nitrogen and oxygen atoms in total. The van der Waals surface area contributed by atoms with Crippen molar-refractivity contribution in [3.8, 4) is 0 Å². The van der Waals surface area contributed by atoms with Crippen LogP contribution in [0.5, 0.6) is 0 Å². The van der Waals surface area contributed by atoms with Crippen molar-refractivity contribution in [1.82, 2.24) is 0 Å². The summed E-state index contributed by atoms with van der Waals surface area (Å²) in [6.45, 7) is 0. The second-order valence-corrected chi connectivity index (χ2v) is 7.69. The maximum absolute atomic E-state index is 13.4. The van der Waals surface area contributed by atoms with Crippen molar-refractivity contribution < 1.29 is 14.4 Å². The van der Waals surface area contributed by atoms with Gasteiger partial charge in [0.1, 0.15) is 5.71 Å². The monoisotopic (exact) mass is 436 g/mol. The van der Waals surface area contributed by atoms with Gasteiger partial charge in [0, 0.05) is 11.1 Å². The predicted molar refractivity (Wildman–Crippen MR) is 115 cm³/mol. The van der Waals surface area contributed by atoms with Gasteiger partial charge in [-0.05, 0) is 29.8 Å². The van der Waals surface area contributed by atoms with Gasteiger partial charge in [-0.25, -0.2) is 9.79 Å². The summed E-state index contributed by atoms with van der Waals surface area (Å²) in [5, 5.41) is 4.92. The first-order chi connectivity index (χ1) is 14.6. The fraction of sp³-hybridized carbons (Fsp3) is 0.0870. The van der Waals surface area contributed by atoms with E-state index < -0.39 is 17.6 Å². The lowest BCUT2D eigenvalue weighted by atomic mass is 9.81. The van der Waals surface area contributed by atoms with Crippen LogP contribution in [0, 0.1) is 0 Å². The molecule has 0 fully saturated rings. The van der Waals surface area contributed by atoms with E-state index in [0.29, 0.717) is 21.2 Å². The van der Waals surface area contributed by atoms with Crippen LogP contribution in [0.4, 0.5) is 0 Å². The van der Waals surface area contributed by atoms with Crippen molar-refractivity contribution in [2.75, 3.05) is 0 Å². The zero-order valence-corrected chi connectivity index (χ0v) is 17.0. The van der Waals surface area contributed by atoms with Crippen LogP contribution in [-0.4, -0.2) is 23.1 Å². The van der Waals surface area contributed by atoms with Gasteiger partial charge in [0.15, 0.2) is 6.10 Å². The Bertz CT molecular complexity index is 1180. The number of aliphatic imine (C=N–C) groups is 1. The quantitative estimate of drug-likeness (QED) is 0.529. The minimum absolute atomic E-state index is 0.197. The van der Waals surface area contributed by atoms with E-state index in [2.05, 4.69) is 5.16 Å². The molecule has 0 bridgehead atoms. The third-order valence-corrected chi connectivity index (χ3v) is 5.72. The molecular formula is C23H14Cl2N2O3. The minimum Gasteiger partial charge on any atom is -0.405 e. The summed E-state index contributed by atoms with van der Waals surface area (Å²) in [5.74, 6) is -0.398. The number of esters is 1. The highest BCUT2D eigenvalue weighted by molar-refractivity contribution is 6.42. The third-order valence-electron chi connectivity index (χ3n) is 5.09. The Morgan fingerprint density at radius 3 is 2.13 bits per heavy atom. The van der Waals surface area contributed by atoms with Crippen LogP contribution >= 0.6 is 23.2 Å². The summed E-state index contributed by atoms with van der Waals surface area (Å²) in [4.78, 5) is 23.9. The summed E-state index contributed by atoms with van der Waals surface area (Å²) in [5.41, 5.74) is 0.457. The fourth-order valence-electron chi connectivity index (χ4n) is 3.68. The lowest BCUT2D eigenvalue weighted by molar-refractivity contribution is -0.139. The first-order valence-electron chi connectivity index (χ1n) is 9.22. The van der Waals surface area contributed by atoms with Crippen molar-refractivity contribution in [2.24, 2.45) is 10.1 Å². The molecule has 3 aromatic rings. The molecule has 1 spiro atoms. The van der Waals surface area contributed by atoms with Crippen molar-refractivity contribution >= 4 is 40.8 Å². The molecule has 5 rings (SSSR count). The zero-order valence-electron chi connectivity index (χ0n) is 15.5. The van der Waals surface area contributed by atoms with Gasteiger partial charge in [0.05, 0.1) is 10.0 Å². The van der Waals surface area contributed by atoms with Gasteiger partial charge >= 0.3 is 5.97 Å². The number of nitrogens with zero attached hydrogens (tertiary/aromatic N) is 2. The van der Waals surface area contributed by atoms with Gasteiger partial charge < -0.3 is 9.57 Å². The summed E-state index contributed by atoms with van der Waals surface area (Å²) in [6.07, 6.45) is -0.824. The summed E-state index contributed by atoms with van der Waals surface area (Å²) in [7, 11) is 0. The van der Waals surface area contributed by atoms with E-state index in [0.717, 1.165) is 5.56 Å². The highest BCUT2D eigenvalue weighted by atomic mass is 35.5. The maximum atomic E-state index is 13.4. The first-order valence-corrected chi connectivity index (χ1v) is 9.98. The Hall–Kier alpha value is -3.15. The Labute approximate surface area is 182 Å². The largest absolute Gasteiger partial charge is 0.405 e. The normalized spacial score (nSPS) is 22.5. The maximum Gasteiger partial charge on any atom is 0.351 e. The Morgan fingerprint density at radius 1 is 0.833 bits per heavy atom. The number of carbonyl (C=O) groups is 1. The van der Waals surface area contributed by atoms with E-state index in [1.165, 1.54) is 0 Å². The molecule has 0 aliphatic carbocycles. The number of cyclic esters (lactones) is 1. The van der Waals surface area contributed by atoms with E-state index in [1.54, 1.807) is 18.2 Å². The molecule has 30 heavy (non-hydrogen) atoms. The van der Waals surface area contributed by atoms with Crippen molar-refractivity contribution in [1.29, 1.82) is 0 Å². The number of oxime groups is 1. The molecule has 7 heteroatoms. The molecule has 148 valence electrons. The van der Waals surface area contributed by atoms with Crippen molar-refractivity contribution in [2.45, 2.75) is 11.6 Å². The minimum atomic E-state index is -1.57. The Morgan fingerprint density at radius 2 is 1.47 bits per heavy atom. The molecule has 0 amide bonds. The van der Waals surface area contributed by atoms with E-state index >= 15 is 0 Å². The number of hydrogen-bond acceptors (Lipinski definition) is 5. The van der Waals surface area contributed by atoms with Gasteiger partial charge in [-0.2, -0.15) is 0 Å². The van der Waals surface area contributed by atoms with Crippen LogP contribution in [0.15, 0.2) is 89.0 Å². The first kappa shape index (κ1) is 18.9. The Balaban J connectivity index is 1.73. The predicted octanol–water partition coefficient (Wildman–Crippen LogP) is 5.21. The topological polar surface area (TPSA) is 60.2 Å². The second-order valence-electron chi connectivity index (χ2n) is 6.87. The lowest BCUT2D eigenvalue weighted by Gasteiger charge is -2.24. The van der Waals surface area contributed by atoms with Gasteiger partial charge in [-0.1, -0.05) is 83.0 Å². The summed E-state index contributed by atoms with van der Waals surface area (Å²) >= 11 is 12.9. The Kier molecular flexibility index (Phi) is 4.57. The zero-order chi connectivity index (χ0) is 20.7. The summed E-state index contributed by atoms with van der Waals surface area (Å²) < 4.78 is 5.63. The number of hydrogen-bond donors (Lipinski definition) is 0. The van der Waals surface area contributed by atoms with Crippen molar-refractivity contribution in [3.05, 3.63) is 106 Å². The molecule has 0 aromatic heterocycles. The van der Waals surface area contributed by atoms with Gasteiger partial charge in [-0.15, -0.1) is 0 Å². The molecule has 2 heterocycles. The van der Waals surface area contributed by atoms with E-state index in [1.807, 2.05) is 60.7 Å². The lowest BCUT2D eigenvalue weighted by Crippen LogP contribution is -2.45. The second kappa shape index (κ2) is 7.27. The van der Waals surface area contributed by atoms with E-state index in [4.69, 9.17) is 37.8 Å². The van der Waals surface area contributed by atoms with Crippen LogP contribution < -0.4 is 0 Å². The molecule has 2 aliphatic heterocycles. The van der Waals surface area contributed by atoms with Gasteiger partial charge in [0.25, 0.3) is 5.54 Å². The van der Waals surface area contributed by atoms with Crippen LogP contribution in [0.1, 0.15) is 22.8 Å². The van der Waals surface area contributed by atoms with E-state index in [-0.39, 0.29) is 11.6 Å². The number of carbonyl (C=O) groups excluding carboxylic acids is 1. The highest BCUT2D eigenvalue weighted by Crippen LogP contribution is 2.47. The average molecular weight is 437 g/mol. The third kappa shape index (κ3) is 2.82. The standard InChI is InChI=1S/C23H14Cl2N2O3/c24-16-12-7-13-17(25)18(16)19-23(20(30-27-19)14-8-3-1-4-9-14)22(28)29-21(26-23)15-10-5-2-6-11-15/h1-13,20H/t20-,23-/m0/s1. The molecule has 3 aromatic carbocycles. The molecule has 0 N–H and O–H groups in total. The van der Waals surface area contributed by atoms with Crippen LogP contribution in [0.25, 0.3) is 0 Å². The number of halogens is 2. The highest BCUT2D eigenvalue weighted by Gasteiger charge is 2.63. The smallest absolute Gasteiger partial charge is 0.351 e. The molecular weight excluding hydrogens is 423 g/mol. The van der Waals surface area contributed by atoms with Crippen LogP contribution in [0.3, 0.4) is 0 Å². The number of ether oxygens (including phenoxy) is 1. The molecule has 0 saturated heterocycles. The summed E-state index contributed by atoms with van der Waals surface area (Å²) in [6, 6.07) is 23.6. The number of benzene rings is 3. The fourth-order valence-corrected chi connectivity index (χ4v) is 4.26. The van der Waals surface area contributed by atoms with Crippen molar-refractivity contribution in [3.63, 3.8) is 0 Å². The molecule has 2 aliphatic rings. The number of rotatable bonds is 3.